The number of nitrogens with one attached hydrogen (secondary N) is 2. The number of hydrogen-bond donors (Lipinski definition) is 2. The predicted octanol–water partition coefficient (Wildman–Crippen LogP) is 2.22. The average molecular weight is 261 g/mol. The molecule has 2 atom stereocenters. The number of ether oxygens (including phenoxy) is 1. The molecule has 0 fully saturated rings. The monoisotopic (exact) mass is 261 g/mol. The van der Waals surface area contributed by atoms with E-state index < -0.39 is 0 Å². The molecule has 1 aromatic carbocycles. The van der Waals surface area contributed by atoms with Crippen LogP contribution in [-0.4, -0.2) is 28.9 Å². The van der Waals surface area contributed by atoms with E-state index >= 15 is 0 Å². The van der Waals surface area contributed by atoms with Gasteiger partial charge in [0.05, 0.1) is 11.3 Å². The van der Waals surface area contributed by atoms with E-state index in [0.717, 1.165) is 10.9 Å². The average Bonchev–Trinajstić information content (AvgIpc) is 2.91. The van der Waals surface area contributed by atoms with Crippen LogP contribution in [0.1, 0.15) is 11.6 Å². The lowest BCUT2D eigenvalue weighted by atomic mass is 10.0. The Labute approximate surface area is 110 Å². The number of fused-ring (bicyclic) bond motifs is 1. The minimum Gasteiger partial charge on any atom is -0.492 e. The first kappa shape index (κ1) is 11.6. The van der Waals surface area contributed by atoms with E-state index in [4.69, 9.17) is 4.74 Å². The minimum atomic E-state index is 0.282. The van der Waals surface area contributed by atoms with Crippen molar-refractivity contribution < 1.29 is 4.74 Å². The van der Waals surface area contributed by atoms with Gasteiger partial charge in [0.15, 0.2) is 5.16 Å². The third kappa shape index (κ3) is 2.11. The molecule has 5 heteroatoms. The summed E-state index contributed by atoms with van der Waals surface area (Å²) in [7, 11) is 1.99. The first-order valence-electron chi connectivity index (χ1n) is 5.93. The van der Waals surface area contributed by atoms with Crippen LogP contribution in [0.15, 0.2) is 41.8 Å². The number of benzene rings is 1. The Balaban J connectivity index is 1.85. The summed E-state index contributed by atoms with van der Waals surface area (Å²) in [6.45, 7) is 0.688. The quantitative estimate of drug-likeness (QED) is 0.889. The van der Waals surface area contributed by atoms with Gasteiger partial charge in [0.2, 0.25) is 0 Å². The number of imidazole rings is 1. The van der Waals surface area contributed by atoms with Crippen LogP contribution in [0.3, 0.4) is 0 Å². The van der Waals surface area contributed by atoms with Crippen molar-refractivity contribution in [1.82, 2.24) is 15.3 Å². The molecule has 0 spiro atoms. The molecule has 3 rings (SSSR count). The van der Waals surface area contributed by atoms with Crippen LogP contribution in [0.5, 0.6) is 5.75 Å². The molecule has 0 aliphatic carbocycles. The number of thioether (sulfide) groups is 1. The van der Waals surface area contributed by atoms with Crippen molar-refractivity contribution in [3.05, 3.63) is 42.2 Å². The van der Waals surface area contributed by atoms with E-state index in [1.165, 1.54) is 5.56 Å². The normalized spacial score (nSPS) is 22.3. The van der Waals surface area contributed by atoms with Crippen molar-refractivity contribution in [2.24, 2.45) is 0 Å². The maximum Gasteiger partial charge on any atom is 0.165 e. The van der Waals surface area contributed by atoms with Crippen molar-refractivity contribution in [3.8, 4) is 5.75 Å². The third-order valence-electron chi connectivity index (χ3n) is 3.08. The van der Waals surface area contributed by atoms with E-state index in [1.807, 2.05) is 31.4 Å². The number of nitrogens with zero attached hydrogens (tertiary/aromatic N) is 1. The summed E-state index contributed by atoms with van der Waals surface area (Å²) >= 11 is 1.71. The molecular formula is C13H15N3OS. The summed E-state index contributed by atoms with van der Waals surface area (Å²) in [6.07, 6.45) is 3.61. The highest BCUT2D eigenvalue weighted by atomic mass is 32.2. The van der Waals surface area contributed by atoms with Crippen molar-refractivity contribution in [1.29, 1.82) is 0 Å². The topological polar surface area (TPSA) is 49.9 Å². The largest absolute Gasteiger partial charge is 0.492 e. The summed E-state index contributed by atoms with van der Waals surface area (Å²) in [6, 6.07) is 8.47. The molecule has 2 aromatic rings. The van der Waals surface area contributed by atoms with Crippen LogP contribution in [-0.2, 0) is 0 Å². The highest BCUT2D eigenvalue weighted by Crippen LogP contribution is 2.38. The summed E-state index contributed by atoms with van der Waals surface area (Å²) in [5.41, 5.74) is 1.22. The van der Waals surface area contributed by atoms with E-state index in [2.05, 4.69) is 21.4 Å². The third-order valence-corrected chi connectivity index (χ3v) is 4.23. The zero-order valence-corrected chi connectivity index (χ0v) is 10.9. The van der Waals surface area contributed by atoms with Crippen LogP contribution >= 0.6 is 11.8 Å². The van der Waals surface area contributed by atoms with Crippen molar-refractivity contribution in [2.45, 2.75) is 16.4 Å². The second kappa shape index (κ2) is 5.04. The highest BCUT2D eigenvalue weighted by molar-refractivity contribution is 7.99. The summed E-state index contributed by atoms with van der Waals surface area (Å²) in [5, 5.41) is 4.63. The Morgan fingerprint density at radius 1 is 1.44 bits per heavy atom. The van der Waals surface area contributed by atoms with Crippen molar-refractivity contribution >= 4 is 11.8 Å². The number of rotatable bonds is 3. The van der Waals surface area contributed by atoms with Gasteiger partial charge in [0.25, 0.3) is 0 Å². The molecule has 2 unspecified atom stereocenters. The minimum absolute atomic E-state index is 0.282. The van der Waals surface area contributed by atoms with Gasteiger partial charge in [0.1, 0.15) is 12.4 Å². The van der Waals surface area contributed by atoms with Crippen LogP contribution in [0.25, 0.3) is 0 Å². The lowest BCUT2D eigenvalue weighted by Gasteiger charge is -2.32. The second-order valence-corrected chi connectivity index (χ2v) is 5.39. The Hall–Kier alpha value is -1.46. The summed E-state index contributed by atoms with van der Waals surface area (Å²) < 4.78 is 5.81. The fraction of sp³-hybridized carbons (Fsp3) is 0.308. The van der Waals surface area contributed by atoms with Gasteiger partial charge in [-0.2, -0.15) is 0 Å². The van der Waals surface area contributed by atoms with Gasteiger partial charge in [-0.3, -0.25) is 0 Å². The molecule has 1 aliphatic rings. The molecule has 0 saturated heterocycles. The smallest absolute Gasteiger partial charge is 0.165 e. The summed E-state index contributed by atoms with van der Waals surface area (Å²) in [5.74, 6) is 0.980. The van der Waals surface area contributed by atoms with Gasteiger partial charge in [-0.15, -0.1) is 0 Å². The number of H-pyrrole nitrogens is 1. The molecule has 2 heterocycles. The van der Waals surface area contributed by atoms with Gasteiger partial charge in [-0.25, -0.2) is 4.98 Å². The Morgan fingerprint density at radius 2 is 2.33 bits per heavy atom. The van der Waals surface area contributed by atoms with Gasteiger partial charge in [0, 0.05) is 18.0 Å². The van der Waals surface area contributed by atoms with Crippen LogP contribution in [0.2, 0.25) is 0 Å². The van der Waals surface area contributed by atoms with Gasteiger partial charge in [-0.05, 0) is 13.1 Å². The van der Waals surface area contributed by atoms with Gasteiger partial charge in [-0.1, -0.05) is 30.0 Å². The number of para-hydroxylation sites is 1. The molecule has 4 nitrogen and oxygen atoms in total. The number of aromatic amines is 1. The van der Waals surface area contributed by atoms with E-state index in [-0.39, 0.29) is 6.04 Å². The van der Waals surface area contributed by atoms with Crippen molar-refractivity contribution in [2.75, 3.05) is 13.7 Å². The van der Waals surface area contributed by atoms with E-state index in [9.17, 15) is 0 Å². The Morgan fingerprint density at radius 3 is 3.11 bits per heavy atom. The fourth-order valence-corrected chi connectivity index (χ4v) is 3.34. The molecule has 1 aliphatic heterocycles. The van der Waals surface area contributed by atoms with Gasteiger partial charge >= 0.3 is 0 Å². The standard InChI is InChI=1S/C13H15N3OS/c1-14-12-9-4-2-3-5-10(9)17-8-11(12)18-13-15-6-7-16-13/h2-7,11-12,14H,8H2,1H3,(H,15,16). The predicted molar refractivity (Wildman–Crippen MR) is 72.0 cm³/mol. The van der Waals surface area contributed by atoms with Gasteiger partial charge < -0.3 is 15.0 Å². The van der Waals surface area contributed by atoms with Crippen molar-refractivity contribution in [3.63, 3.8) is 0 Å². The molecule has 0 saturated carbocycles. The van der Waals surface area contributed by atoms with Crippen LogP contribution in [0, 0.1) is 0 Å². The zero-order valence-electron chi connectivity index (χ0n) is 10.1. The molecule has 18 heavy (non-hydrogen) atoms. The molecular weight excluding hydrogens is 246 g/mol. The zero-order chi connectivity index (χ0) is 12.4. The molecule has 0 radical (unpaired) electrons. The lowest BCUT2D eigenvalue weighted by molar-refractivity contribution is 0.264. The molecule has 1 aromatic heterocycles. The maximum absolute atomic E-state index is 5.81. The Bertz CT molecular complexity index is 515. The first-order valence-corrected chi connectivity index (χ1v) is 6.81. The molecule has 0 amide bonds. The number of aromatic nitrogens is 2. The fourth-order valence-electron chi connectivity index (χ4n) is 2.24. The Kier molecular flexibility index (Phi) is 3.25. The van der Waals surface area contributed by atoms with E-state index in [0.29, 0.717) is 11.9 Å². The molecule has 0 bridgehead atoms. The number of hydrogen-bond acceptors (Lipinski definition) is 4. The highest BCUT2D eigenvalue weighted by Gasteiger charge is 2.30. The van der Waals surface area contributed by atoms with Crippen LogP contribution in [0.4, 0.5) is 0 Å². The van der Waals surface area contributed by atoms with Crippen LogP contribution < -0.4 is 10.1 Å². The van der Waals surface area contributed by atoms with E-state index in [1.54, 1.807) is 18.0 Å². The molecule has 2 N–H and O–H groups in total. The molecule has 94 valence electrons. The lowest BCUT2D eigenvalue weighted by Crippen LogP contribution is -2.35. The second-order valence-electron chi connectivity index (χ2n) is 4.17. The summed E-state index contributed by atoms with van der Waals surface area (Å²) in [4.78, 5) is 7.38. The SMILES string of the molecule is CNC1c2ccccc2OCC1Sc1ncc[nH]1. The first-order chi connectivity index (χ1) is 8.88. The maximum atomic E-state index is 5.81.